The minimum absolute atomic E-state index is 0.0312. The number of carbonyl (C=O) groups excluding carboxylic acids is 1. The molecule has 0 heterocycles. The van der Waals surface area contributed by atoms with Crippen molar-refractivity contribution in [2.24, 2.45) is 10.2 Å². The van der Waals surface area contributed by atoms with Crippen LogP contribution in [-0.4, -0.2) is 17.5 Å². The molecular weight excluding hydrogens is 280 g/mol. The Bertz CT molecular complexity index is 529. The highest BCUT2D eigenvalue weighted by Gasteiger charge is 2.06. The van der Waals surface area contributed by atoms with Crippen molar-refractivity contribution in [3.8, 4) is 5.75 Å². The summed E-state index contributed by atoms with van der Waals surface area (Å²) in [5.41, 5.74) is 0.564. The average molecular weight is 304 g/mol. The lowest BCUT2D eigenvalue weighted by atomic mass is 10.2. The lowest BCUT2D eigenvalue weighted by Gasteiger charge is -2.05. The van der Waals surface area contributed by atoms with Gasteiger partial charge in [0.25, 0.3) is 0 Å². The first-order valence-electron chi connectivity index (χ1n) is 7.60. The Hall–Kier alpha value is -2.17. The number of ketones is 1. The summed E-state index contributed by atoms with van der Waals surface area (Å²) < 4.78 is 5.63. The first-order valence-corrected chi connectivity index (χ1v) is 7.60. The molecule has 5 heteroatoms. The second-order valence-corrected chi connectivity index (χ2v) is 5.09. The highest BCUT2D eigenvalue weighted by molar-refractivity contribution is 5.93. The Kier molecular flexibility index (Phi) is 7.89. The fourth-order valence-corrected chi connectivity index (χ4v) is 1.83. The first-order chi connectivity index (χ1) is 10.5. The van der Waals surface area contributed by atoms with Crippen LogP contribution in [0.15, 0.2) is 46.0 Å². The number of hydrogen-bond acceptors (Lipinski definition) is 5. The summed E-state index contributed by atoms with van der Waals surface area (Å²) >= 11 is 0. The molecule has 0 amide bonds. The average Bonchev–Trinajstić information content (AvgIpc) is 2.48. The molecule has 0 aliphatic heterocycles. The molecule has 120 valence electrons. The van der Waals surface area contributed by atoms with E-state index in [9.17, 15) is 9.90 Å². The number of Topliss-reactive ketones (excluding diaryl/α,β-unsaturated/α-hetero) is 1. The van der Waals surface area contributed by atoms with E-state index < -0.39 is 0 Å². The number of nitrogens with zero attached hydrogens (tertiary/aromatic N) is 2. The number of hydrogen-bond donors (Lipinski definition) is 1. The van der Waals surface area contributed by atoms with Gasteiger partial charge < -0.3 is 9.84 Å². The predicted molar refractivity (Wildman–Crippen MR) is 86.6 cm³/mol. The van der Waals surface area contributed by atoms with E-state index in [-0.39, 0.29) is 17.2 Å². The van der Waals surface area contributed by atoms with Gasteiger partial charge in [0.2, 0.25) is 0 Å². The van der Waals surface area contributed by atoms with Crippen LogP contribution in [0.2, 0.25) is 0 Å². The highest BCUT2D eigenvalue weighted by Crippen LogP contribution is 2.20. The van der Waals surface area contributed by atoms with Crippen LogP contribution in [0, 0.1) is 0 Å². The fraction of sp³-hybridized carbons (Fsp3) is 0.471. The number of ether oxygens (including phenoxy) is 1. The van der Waals surface area contributed by atoms with Gasteiger partial charge in [-0.3, -0.25) is 4.79 Å². The molecule has 0 spiro atoms. The van der Waals surface area contributed by atoms with E-state index in [2.05, 4.69) is 17.2 Å². The van der Waals surface area contributed by atoms with Gasteiger partial charge in [0.05, 0.1) is 12.3 Å². The topological polar surface area (TPSA) is 71.2 Å². The number of aliphatic hydroxyl groups is 1. The molecule has 1 aromatic rings. The van der Waals surface area contributed by atoms with Gasteiger partial charge in [-0.25, -0.2) is 0 Å². The number of azo groups is 1. The molecule has 0 bridgehead atoms. The number of aliphatic hydroxyl groups excluding tert-OH is 1. The Morgan fingerprint density at radius 3 is 2.36 bits per heavy atom. The molecule has 1 N–H and O–H groups in total. The molecule has 0 aliphatic rings. The van der Waals surface area contributed by atoms with E-state index in [4.69, 9.17) is 4.74 Å². The van der Waals surface area contributed by atoms with E-state index in [0.717, 1.165) is 12.2 Å². The van der Waals surface area contributed by atoms with Crippen molar-refractivity contribution >= 4 is 11.5 Å². The zero-order valence-electron chi connectivity index (χ0n) is 13.5. The monoisotopic (exact) mass is 304 g/mol. The lowest BCUT2D eigenvalue weighted by molar-refractivity contribution is -0.113. The van der Waals surface area contributed by atoms with Gasteiger partial charge in [-0.05, 0) is 37.6 Å². The van der Waals surface area contributed by atoms with Crippen molar-refractivity contribution in [1.29, 1.82) is 0 Å². The zero-order chi connectivity index (χ0) is 16.4. The molecule has 0 aliphatic carbocycles. The largest absolute Gasteiger partial charge is 0.510 e. The Labute approximate surface area is 131 Å². The molecule has 0 radical (unpaired) electrons. The van der Waals surface area contributed by atoms with Gasteiger partial charge in [-0.1, -0.05) is 26.2 Å². The SMILES string of the molecule is CCCCCCOc1ccc(N=NC(C(C)=O)=C(C)O)cc1. The van der Waals surface area contributed by atoms with Crippen LogP contribution in [0.1, 0.15) is 46.5 Å². The predicted octanol–water partition coefficient (Wildman–Crippen LogP) is 5.11. The summed E-state index contributed by atoms with van der Waals surface area (Å²) in [6.45, 7) is 5.63. The van der Waals surface area contributed by atoms with Crippen molar-refractivity contribution in [2.45, 2.75) is 46.5 Å². The van der Waals surface area contributed by atoms with Crippen molar-refractivity contribution in [2.75, 3.05) is 6.61 Å². The standard InChI is InChI=1S/C17H24N2O3/c1-4-5-6-7-12-22-16-10-8-15(9-11-16)18-19-17(13(2)20)14(3)21/h8-11,20H,4-7,12H2,1-3H3. The molecule has 0 saturated carbocycles. The third-order valence-electron chi connectivity index (χ3n) is 3.04. The number of unbranched alkanes of at least 4 members (excludes halogenated alkanes) is 3. The maximum atomic E-state index is 11.3. The second-order valence-electron chi connectivity index (χ2n) is 5.09. The summed E-state index contributed by atoms with van der Waals surface area (Å²) in [5.74, 6) is 0.329. The second kappa shape index (κ2) is 9.71. The van der Waals surface area contributed by atoms with Crippen LogP contribution < -0.4 is 4.74 Å². The van der Waals surface area contributed by atoms with Crippen molar-refractivity contribution < 1.29 is 14.6 Å². The van der Waals surface area contributed by atoms with Crippen LogP contribution in [0.25, 0.3) is 0 Å². The van der Waals surface area contributed by atoms with Gasteiger partial charge in [-0.2, -0.15) is 5.11 Å². The first kappa shape index (κ1) is 17.9. The molecule has 1 rings (SSSR count). The smallest absolute Gasteiger partial charge is 0.183 e. The van der Waals surface area contributed by atoms with Crippen molar-refractivity contribution in [3.63, 3.8) is 0 Å². The summed E-state index contributed by atoms with van der Waals surface area (Å²) in [7, 11) is 0. The van der Waals surface area contributed by atoms with Crippen molar-refractivity contribution in [1.82, 2.24) is 0 Å². The Morgan fingerprint density at radius 2 is 1.82 bits per heavy atom. The molecule has 5 nitrogen and oxygen atoms in total. The van der Waals surface area contributed by atoms with Gasteiger partial charge in [0, 0.05) is 6.92 Å². The third-order valence-corrected chi connectivity index (χ3v) is 3.04. The number of rotatable bonds is 9. The molecule has 0 fully saturated rings. The van der Waals surface area contributed by atoms with Crippen LogP contribution in [0.4, 0.5) is 5.69 Å². The van der Waals surface area contributed by atoms with Gasteiger partial charge in [-0.15, -0.1) is 5.11 Å². The van der Waals surface area contributed by atoms with Crippen LogP contribution >= 0.6 is 0 Å². The summed E-state index contributed by atoms with van der Waals surface area (Å²) in [6.07, 6.45) is 4.68. The van der Waals surface area contributed by atoms with Crippen LogP contribution in [0.5, 0.6) is 5.75 Å². The summed E-state index contributed by atoms with van der Waals surface area (Å²) in [5, 5.41) is 17.1. The highest BCUT2D eigenvalue weighted by atomic mass is 16.5. The van der Waals surface area contributed by atoms with Gasteiger partial charge in [0.15, 0.2) is 11.5 Å². The van der Waals surface area contributed by atoms with E-state index in [1.807, 2.05) is 12.1 Å². The maximum absolute atomic E-state index is 11.3. The van der Waals surface area contributed by atoms with E-state index >= 15 is 0 Å². The summed E-state index contributed by atoms with van der Waals surface area (Å²) in [4.78, 5) is 11.3. The Balaban J connectivity index is 2.54. The molecular formula is C17H24N2O3. The Morgan fingerprint density at radius 1 is 1.14 bits per heavy atom. The molecule has 0 saturated heterocycles. The van der Waals surface area contributed by atoms with Crippen LogP contribution in [-0.2, 0) is 4.79 Å². The third kappa shape index (κ3) is 6.52. The van der Waals surface area contributed by atoms with Crippen LogP contribution in [0.3, 0.4) is 0 Å². The summed E-state index contributed by atoms with van der Waals surface area (Å²) in [6, 6.07) is 7.15. The van der Waals surface area contributed by atoms with E-state index in [1.165, 1.54) is 33.1 Å². The zero-order valence-corrected chi connectivity index (χ0v) is 13.5. The number of carbonyl (C=O) groups is 1. The number of allylic oxidation sites excluding steroid dienone is 2. The molecule has 0 aromatic heterocycles. The molecule has 22 heavy (non-hydrogen) atoms. The van der Waals surface area contributed by atoms with E-state index in [1.54, 1.807) is 12.1 Å². The van der Waals surface area contributed by atoms with Gasteiger partial charge in [0.1, 0.15) is 11.5 Å². The molecule has 1 aromatic carbocycles. The van der Waals surface area contributed by atoms with Crippen molar-refractivity contribution in [3.05, 3.63) is 35.7 Å². The number of benzene rings is 1. The van der Waals surface area contributed by atoms with Gasteiger partial charge >= 0.3 is 0 Å². The normalized spacial score (nSPS) is 12.3. The lowest BCUT2D eigenvalue weighted by Crippen LogP contribution is -1.97. The van der Waals surface area contributed by atoms with E-state index in [0.29, 0.717) is 12.3 Å². The molecule has 0 atom stereocenters. The minimum Gasteiger partial charge on any atom is -0.510 e. The maximum Gasteiger partial charge on any atom is 0.183 e. The fourth-order valence-electron chi connectivity index (χ4n) is 1.83. The quantitative estimate of drug-likeness (QED) is 0.298. The minimum atomic E-state index is -0.323. The molecule has 0 unspecified atom stereocenters.